The summed E-state index contributed by atoms with van der Waals surface area (Å²) in [5.74, 6) is -0.148. The number of amidine groups is 1. The fraction of sp³-hybridized carbons (Fsp3) is 0.500. The maximum absolute atomic E-state index is 12.4. The number of hydrogen-bond donors (Lipinski definition) is 2. The predicted molar refractivity (Wildman–Crippen MR) is 102 cm³/mol. The highest BCUT2D eigenvalue weighted by Gasteiger charge is 2.19. The number of sulfonamides is 1. The van der Waals surface area contributed by atoms with E-state index in [0.717, 1.165) is 6.42 Å². The molecule has 0 saturated carbocycles. The molecule has 0 aliphatic carbocycles. The standard InChI is InChI=1S/C18H25N3O5S/c1-13(2)8-9-18(23)26-12-17(22)20-14-5-3-6-15(11-14)27(24,25)21-16-7-4-10-19-16/h3,5-6,11,13H,4,7-10,12H2,1-2H3,(H,19,21)(H,20,22). The summed E-state index contributed by atoms with van der Waals surface area (Å²) in [6, 6.07) is 5.86. The number of aliphatic imine (C=N–C) groups is 1. The quantitative estimate of drug-likeness (QED) is 0.654. The van der Waals surface area contributed by atoms with E-state index in [9.17, 15) is 18.0 Å². The molecule has 1 amide bonds. The zero-order valence-corrected chi connectivity index (χ0v) is 16.3. The average molecular weight is 395 g/mol. The van der Waals surface area contributed by atoms with Crippen LogP contribution < -0.4 is 10.0 Å². The maximum atomic E-state index is 12.4. The van der Waals surface area contributed by atoms with E-state index >= 15 is 0 Å². The number of carbonyl (C=O) groups is 2. The summed E-state index contributed by atoms with van der Waals surface area (Å²) >= 11 is 0. The highest BCUT2D eigenvalue weighted by atomic mass is 32.2. The molecule has 0 saturated heterocycles. The van der Waals surface area contributed by atoms with Crippen LogP contribution in [-0.4, -0.2) is 39.3 Å². The Morgan fingerprint density at radius 1 is 1.30 bits per heavy atom. The third kappa shape index (κ3) is 7.01. The molecule has 148 valence electrons. The van der Waals surface area contributed by atoms with E-state index < -0.39 is 28.5 Å². The minimum absolute atomic E-state index is 0.0174. The highest BCUT2D eigenvalue weighted by Crippen LogP contribution is 2.16. The Kier molecular flexibility index (Phi) is 7.35. The molecule has 0 radical (unpaired) electrons. The van der Waals surface area contributed by atoms with Crippen LogP contribution in [0.15, 0.2) is 34.2 Å². The lowest BCUT2D eigenvalue weighted by atomic mass is 10.1. The van der Waals surface area contributed by atoms with Gasteiger partial charge in [-0.15, -0.1) is 0 Å². The van der Waals surface area contributed by atoms with Gasteiger partial charge in [0.05, 0.1) is 4.90 Å². The van der Waals surface area contributed by atoms with Crippen molar-refractivity contribution in [3.8, 4) is 0 Å². The van der Waals surface area contributed by atoms with Gasteiger partial charge in [-0.05, 0) is 37.0 Å². The minimum atomic E-state index is -3.76. The molecule has 0 atom stereocenters. The fourth-order valence-corrected chi connectivity index (χ4v) is 3.53. The molecule has 0 bridgehead atoms. The Hall–Kier alpha value is -2.42. The molecule has 27 heavy (non-hydrogen) atoms. The second-order valence-electron chi connectivity index (χ2n) is 6.71. The van der Waals surface area contributed by atoms with E-state index in [1.165, 1.54) is 18.2 Å². The number of ether oxygens (including phenoxy) is 1. The van der Waals surface area contributed by atoms with Gasteiger partial charge < -0.3 is 10.1 Å². The number of nitrogens with one attached hydrogen (secondary N) is 2. The first kappa shape index (κ1) is 20.9. The molecule has 1 aromatic rings. The van der Waals surface area contributed by atoms with Crippen molar-refractivity contribution in [2.75, 3.05) is 18.5 Å². The third-order valence-electron chi connectivity index (χ3n) is 3.84. The Balaban J connectivity index is 1.91. The number of rotatable bonds is 8. The third-order valence-corrected chi connectivity index (χ3v) is 5.22. The molecule has 1 aliphatic rings. The summed E-state index contributed by atoms with van der Waals surface area (Å²) in [7, 11) is -3.76. The fourth-order valence-electron chi connectivity index (χ4n) is 2.40. The molecule has 8 nitrogen and oxygen atoms in total. The number of amides is 1. The molecule has 1 aromatic carbocycles. The second kappa shape index (κ2) is 9.50. The monoisotopic (exact) mass is 395 g/mol. The first-order chi connectivity index (χ1) is 12.8. The molecule has 2 N–H and O–H groups in total. The van der Waals surface area contributed by atoms with Crippen molar-refractivity contribution in [2.24, 2.45) is 10.9 Å². The van der Waals surface area contributed by atoms with Gasteiger partial charge in [-0.25, -0.2) is 8.42 Å². The molecule has 0 fully saturated rings. The van der Waals surface area contributed by atoms with Crippen LogP contribution in [0.1, 0.15) is 39.5 Å². The smallest absolute Gasteiger partial charge is 0.306 e. The van der Waals surface area contributed by atoms with Crippen LogP contribution in [0.25, 0.3) is 0 Å². The maximum Gasteiger partial charge on any atom is 0.306 e. The largest absolute Gasteiger partial charge is 0.456 e. The summed E-state index contributed by atoms with van der Waals surface area (Å²) in [6.07, 6.45) is 2.37. The molecule has 0 aromatic heterocycles. The molecule has 9 heteroatoms. The lowest BCUT2D eigenvalue weighted by Gasteiger charge is -2.10. The molecule has 2 rings (SSSR count). The van der Waals surface area contributed by atoms with Gasteiger partial charge in [-0.3, -0.25) is 19.3 Å². The minimum Gasteiger partial charge on any atom is -0.456 e. The topological polar surface area (TPSA) is 114 Å². The van der Waals surface area contributed by atoms with Crippen LogP contribution >= 0.6 is 0 Å². The molecule has 0 spiro atoms. The number of nitrogens with zero attached hydrogens (tertiary/aromatic N) is 1. The summed E-state index contributed by atoms with van der Waals surface area (Å²) in [5.41, 5.74) is 0.300. The van der Waals surface area contributed by atoms with Gasteiger partial charge in [0.2, 0.25) is 0 Å². The molecular formula is C18H25N3O5S. The van der Waals surface area contributed by atoms with Crippen LogP contribution in [0.3, 0.4) is 0 Å². The van der Waals surface area contributed by atoms with Gasteiger partial charge in [0.15, 0.2) is 6.61 Å². The summed E-state index contributed by atoms with van der Waals surface area (Å²) in [5, 5.41) is 2.53. The van der Waals surface area contributed by atoms with Crippen molar-refractivity contribution in [1.82, 2.24) is 4.72 Å². The van der Waals surface area contributed by atoms with Crippen LogP contribution in [-0.2, 0) is 24.3 Å². The van der Waals surface area contributed by atoms with Crippen molar-refractivity contribution in [2.45, 2.75) is 44.4 Å². The Morgan fingerprint density at radius 3 is 2.74 bits per heavy atom. The van der Waals surface area contributed by atoms with Crippen LogP contribution in [0.4, 0.5) is 5.69 Å². The highest BCUT2D eigenvalue weighted by molar-refractivity contribution is 7.90. The SMILES string of the molecule is CC(C)CCC(=O)OCC(=O)Nc1cccc(S(=O)(=O)NC2=NCCC2)c1. The van der Waals surface area contributed by atoms with Crippen molar-refractivity contribution in [3.05, 3.63) is 24.3 Å². The zero-order valence-electron chi connectivity index (χ0n) is 15.5. The molecular weight excluding hydrogens is 370 g/mol. The van der Waals surface area contributed by atoms with Crippen molar-refractivity contribution < 1.29 is 22.7 Å². The van der Waals surface area contributed by atoms with E-state index in [2.05, 4.69) is 15.0 Å². The Morgan fingerprint density at radius 2 is 2.07 bits per heavy atom. The van der Waals surface area contributed by atoms with Gasteiger partial charge in [-0.1, -0.05) is 19.9 Å². The van der Waals surface area contributed by atoms with Gasteiger partial charge >= 0.3 is 5.97 Å². The second-order valence-corrected chi connectivity index (χ2v) is 8.39. The van der Waals surface area contributed by atoms with E-state index in [-0.39, 0.29) is 11.3 Å². The first-order valence-electron chi connectivity index (χ1n) is 8.88. The van der Waals surface area contributed by atoms with Gasteiger partial charge in [-0.2, -0.15) is 0 Å². The summed E-state index contributed by atoms with van der Waals surface area (Å²) in [6.45, 7) is 4.19. The van der Waals surface area contributed by atoms with E-state index in [0.29, 0.717) is 36.8 Å². The van der Waals surface area contributed by atoms with Crippen molar-refractivity contribution >= 4 is 33.4 Å². The van der Waals surface area contributed by atoms with Gasteiger partial charge in [0, 0.05) is 25.1 Å². The van der Waals surface area contributed by atoms with E-state index in [1.807, 2.05) is 13.8 Å². The number of benzene rings is 1. The van der Waals surface area contributed by atoms with Crippen LogP contribution in [0, 0.1) is 5.92 Å². The molecule has 1 aliphatic heterocycles. The average Bonchev–Trinajstić information content (AvgIpc) is 3.10. The number of anilines is 1. The molecule has 1 heterocycles. The summed E-state index contributed by atoms with van der Waals surface area (Å²) in [4.78, 5) is 27.6. The lowest BCUT2D eigenvalue weighted by Crippen LogP contribution is -2.29. The molecule has 0 unspecified atom stereocenters. The zero-order chi connectivity index (χ0) is 19.9. The van der Waals surface area contributed by atoms with Crippen molar-refractivity contribution in [1.29, 1.82) is 0 Å². The predicted octanol–water partition coefficient (Wildman–Crippen LogP) is 2.08. The number of hydrogen-bond acceptors (Lipinski definition) is 6. The normalized spacial score (nSPS) is 14.0. The van der Waals surface area contributed by atoms with Crippen molar-refractivity contribution in [3.63, 3.8) is 0 Å². The first-order valence-corrected chi connectivity index (χ1v) is 10.4. The van der Waals surface area contributed by atoms with Crippen LogP contribution in [0.5, 0.6) is 0 Å². The Bertz CT molecular complexity index is 818. The van der Waals surface area contributed by atoms with E-state index in [1.54, 1.807) is 6.07 Å². The Labute approximate surface area is 159 Å². The lowest BCUT2D eigenvalue weighted by molar-refractivity contribution is -0.147. The number of carbonyl (C=O) groups excluding carboxylic acids is 2. The van der Waals surface area contributed by atoms with E-state index in [4.69, 9.17) is 4.74 Å². The van der Waals surface area contributed by atoms with Gasteiger partial charge in [0.25, 0.3) is 15.9 Å². The number of esters is 1. The van der Waals surface area contributed by atoms with Gasteiger partial charge in [0.1, 0.15) is 5.84 Å². The van der Waals surface area contributed by atoms with Crippen LogP contribution in [0.2, 0.25) is 0 Å². The summed E-state index contributed by atoms with van der Waals surface area (Å²) < 4.78 is 32.2.